The Morgan fingerprint density at radius 2 is 1.74 bits per heavy atom. The van der Waals surface area contributed by atoms with Crippen molar-refractivity contribution in [3.63, 3.8) is 0 Å². The van der Waals surface area contributed by atoms with Gasteiger partial charge in [-0.15, -0.1) is 0 Å². The third-order valence-electron chi connectivity index (χ3n) is 4.38. The van der Waals surface area contributed by atoms with Gasteiger partial charge in [0.05, 0.1) is 21.0 Å². The van der Waals surface area contributed by atoms with E-state index >= 15 is 0 Å². The Hall–Kier alpha value is -3.19. The fourth-order valence-corrected chi connectivity index (χ4v) is 4.25. The summed E-state index contributed by atoms with van der Waals surface area (Å²) in [7, 11) is -3.51. The standard InChI is InChI=1S/C21H15F6N3O2S2/c1-34(31,32)13-6-4-5-12(9-13)17-11-29-19(33-17)30-16(10-18(28)21(25,26)27)14-7-2-3-8-15(14)20(22,23)24/h2-11H,28H2,1H3. The van der Waals surface area contributed by atoms with Crippen LogP contribution in [0.1, 0.15) is 11.1 Å². The van der Waals surface area contributed by atoms with E-state index in [-0.39, 0.29) is 10.0 Å². The van der Waals surface area contributed by atoms with Crippen LogP contribution in [0.4, 0.5) is 31.5 Å². The highest BCUT2D eigenvalue weighted by atomic mass is 32.2. The van der Waals surface area contributed by atoms with Crippen LogP contribution in [-0.4, -0.2) is 31.5 Å². The van der Waals surface area contributed by atoms with Crippen LogP contribution in [0.5, 0.6) is 0 Å². The van der Waals surface area contributed by atoms with Crippen molar-refractivity contribution in [3.8, 4) is 10.4 Å². The summed E-state index contributed by atoms with van der Waals surface area (Å²) >= 11 is 0.850. The molecular formula is C21H15F6N3O2S2. The summed E-state index contributed by atoms with van der Waals surface area (Å²) in [6.45, 7) is 0. The lowest BCUT2D eigenvalue weighted by molar-refractivity contribution is -0.137. The molecule has 34 heavy (non-hydrogen) atoms. The molecule has 3 aromatic rings. The SMILES string of the molecule is CS(=O)(=O)c1cccc(-c2cnc(N=C(C=C(N)C(F)(F)F)c3ccccc3C(F)(F)F)s2)c1. The molecule has 0 amide bonds. The van der Waals surface area contributed by atoms with Crippen LogP contribution < -0.4 is 5.73 Å². The molecule has 0 spiro atoms. The molecule has 0 bridgehead atoms. The Labute approximate surface area is 194 Å². The predicted molar refractivity (Wildman–Crippen MR) is 117 cm³/mol. The maximum Gasteiger partial charge on any atom is 0.430 e. The van der Waals surface area contributed by atoms with Crippen LogP contribution in [0, 0.1) is 0 Å². The van der Waals surface area contributed by atoms with Crippen molar-refractivity contribution in [3.05, 3.63) is 77.6 Å². The van der Waals surface area contributed by atoms with Crippen molar-refractivity contribution in [2.24, 2.45) is 10.7 Å². The van der Waals surface area contributed by atoms with Gasteiger partial charge < -0.3 is 5.73 Å². The minimum atomic E-state index is -4.99. The molecule has 0 saturated carbocycles. The van der Waals surface area contributed by atoms with E-state index in [1.807, 2.05) is 0 Å². The van der Waals surface area contributed by atoms with Gasteiger partial charge in [-0.2, -0.15) is 26.3 Å². The third kappa shape index (κ3) is 6.03. The third-order valence-corrected chi connectivity index (χ3v) is 6.43. The van der Waals surface area contributed by atoms with E-state index in [1.165, 1.54) is 30.5 Å². The number of sulfone groups is 1. The van der Waals surface area contributed by atoms with Crippen molar-refractivity contribution in [1.29, 1.82) is 0 Å². The van der Waals surface area contributed by atoms with Gasteiger partial charge in [0, 0.05) is 18.0 Å². The lowest BCUT2D eigenvalue weighted by Crippen LogP contribution is -2.21. The van der Waals surface area contributed by atoms with Crippen molar-refractivity contribution >= 4 is 32.0 Å². The number of nitrogens with zero attached hydrogens (tertiary/aromatic N) is 2. The molecule has 180 valence electrons. The minimum Gasteiger partial charge on any atom is -0.395 e. The normalized spacial score (nSPS) is 13.9. The lowest BCUT2D eigenvalue weighted by atomic mass is 10.0. The van der Waals surface area contributed by atoms with Crippen LogP contribution in [-0.2, 0) is 16.0 Å². The Morgan fingerprint density at radius 1 is 1.06 bits per heavy atom. The second kappa shape index (κ2) is 9.22. The molecule has 2 N–H and O–H groups in total. The first kappa shape index (κ1) is 25.4. The monoisotopic (exact) mass is 519 g/mol. The van der Waals surface area contributed by atoms with Crippen LogP contribution in [0.25, 0.3) is 10.4 Å². The van der Waals surface area contributed by atoms with Gasteiger partial charge in [-0.3, -0.25) is 0 Å². The van der Waals surface area contributed by atoms with E-state index in [0.29, 0.717) is 22.6 Å². The van der Waals surface area contributed by atoms with Gasteiger partial charge >= 0.3 is 12.4 Å². The summed E-state index contributed by atoms with van der Waals surface area (Å²) < 4.78 is 103. The van der Waals surface area contributed by atoms with E-state index in [0.717, 1.165) is 29.7 Å². The first-order chi connectivity index (χ1) is 15.7. The fourth-order valence-electron chi connectivity index (χ4n) is 2.79. The van der Waals surface area contributed by atoms with Gasteiger partial charge in [-0.1, -0.05) is 41.7 Å². The molecule has 0 unspecified atom stereocenters. The van der Waals surface area contributed by atoms with Crippen LogP contribution in [0.2, 0.25) is 0 Å². The molecule has 3 rings (SSSR count). The molecule has 1 heterocycles. The molecule has 0 fully saturated rings. The average Bonchev–Trinajstić information content (AvgIpc) is 3.20. The van der Waals surface area contributed by atoms with Crippen molar-refractivity contribution < 1.29 is 34.8 Å². The summed E-state index contributed by atoms with van der Waals surface area (Å²) in [5, 5.41) is -0.155. The lowest BCUT2D eigenvalue weighted by Gasteiger charge is -2.13. The number of hydrogen-bond acceptors (Lipinski definition) is 6. The molecule has 0 radical (unpaired) electrons. The first-order valence-electron chi connectivity index (χ1n) is 9.22. The van der Waals surface area contributed by atoms with E-state index in [9.17, 15) is 34.8 Å². The van der Waals surface area contributed by atoms with Gasteiger partial charge in [-0.25, -0.2) is 18.4 Å². The first-order valence-corrected chi connectivity index (χ1v) is 11.9. The van der Waals surface area contributed by atoms with Gasteiger partial charge in [0.2, 0.25) is 5.13 Å². The number of aliphatic imine (C=N–C) groups is 1. The summed E-state index contributed by atoms with van der Waals surface area (Å²) in [5.74, 6) is 0. The van der Waals surface area contributed by atoms with E-state index in [4.69, 9.17) is 5.73 Å². The highest BCUT2D eigenvalue weighted by Crippen LogP contribution is 2.35. The van der Waals surface area contributed by atoms with E-state index < -0.39 is 44.7 Å². The van der Waals surface area contributed by atoms with Crippen molar-refractivity contribution in [1.82, 2.24) is 4.98 Å². The number of rotatable bonds is 5. The summed E-state index contributed by atoms with van der Waals surface area (Å²) in [6.07, 6.45) is -7.23. The highest BCUT2D eigenvalue weighted by Gasteiger charge is 2.36. The van der Waals surface area contributed by atoms with Crippen molar-refractivity contribution in [2.75, 3.05) is 6.26 Å². The predicted octanol–water partition coefficient (Wildman–Crippen LogP) is 5.76. The van der Waals surface area contributed by atoms with Crippen molar-refractivity contribution in [2.45, 2.75) is 17.2 Å². The summed E-state index contributed by atoms with van der Waals surface area (Å²) in [5.41, 5.74) is 1.36. The maximum absolute atomic E-state index is 13.5. The Morgan fingerprint density at radius 3 is 2.35 bits per heavy atom. The number of nitrogens with two attached hydrogens (primary N) is 1. The molecule has 13 heteroatoms. The largest absolute Gasteiger partial charge is 0.430 e. The number of benzene rings is 2. The summed E-state index contributed by atoms with van der Waals surface area (Å²) in [4.78, 5) is 8.32. The van der Waals surface area contributed by atoms with Crippen LogP contribution in [0.3, 0.4) is 0 Å². The molecular weight excluding hydrogens is 504 g/mol. The van der Waals surface area contributed by atoms with Gasteiger partial charge in [0.15, 0.2) is 9.84 Å². The zero-order chi connectivity index (χ0) is 25.3. The molecule has 2 aromatic carbocycles. The highest BCUT2D eigenvalue weighted by molar-refractivity contribution is 7.90. The molecule has 1 aromatic heterocycles. The Balaban J connectivity index is 2.14. The Bertz CT molecular complexity index is 1370. The van der Waals surface area contributed by atoms with Crippen LogP contribution >= 0.6 is 11.3 Å². The Kier molecular flexibility index (Phi) is 6.90. The summed E-state index contributed by atoms with van der Waals surface area (Å²) in [6, 6.07) is 9.84. The van der Waals surface area contributed by atoms with Gasteiger partial charge in [-0.05, 0) is 29.8 Å². The minimum absolute atomic E-state index is 0.0316. The molecule has 0 atom stereocenters. The molecule has 0 aliphatic heterocycles. The van der Waals surface area contributed by atoms with E-state index in [1.54, 1.807) is 6.07 Å². The maximum atomic E-state index is 13.5. The fraction of sp³-hybridized carbons (Fsp3) is 0.143. The zero-order valence-electron chi connectivity index (χ0n) is 17.1. The van der Waals surface area contributed by atoms with E-state index in [2.05, 4.69) is 9.98 Å². The number of hydrogen-bond donors (Lipinski definition) is 1. The second-order valence-electron chi connectivity index (χ2n) is 6.94. The molecule has 0 aliphatic rings. The molecule has 0 saturated heterocycles. The topological polar surface area (TPSA) is 85.4 Å². The molecule has 0 aliphatic carbocycles. The molecule has 5 nitrogen and oxygen atoms in total. The number of alkyl halides is 6. The number of allylic oxidation sites excluding steroid dienone is 2. The van der Waals surface area contributed by atoms with Gasteiger partial charge in [0.25, 0.3) is 0 Å². The zero-order valence-corrected chi connectivity index (χ0v) is 18.8. The van der Waals surface area contributed by atoms with Crippen LogP contribution in [0.15, 0.2) is 76.4 Å². The number of aromatic nitrogens is 1. The second-order valence-corrected chi connectivity index (χ2v) is 9.97. The van der Waals surface area contributed by atoms with Gasteiger partial charge in [0.1, 0.15) is 5.70 Å². The smallest absolute Gasteiger partial charge is 0.395 e. The average molecular weight is 519 g/mol. The number of halogens is 6. The number of thiazole rings is 1. The quantitative estimate of drug-likeness (QED) is 0.343.